The average Bonchev–Trinajstić information content (AvgIpc) is 3.48. The van der Waals surface area contributed by atoms with Gasteiger partial charge in [0.1, 0.15) is 5.75 Å². The van der Waals surface area contributed by atoms with E-state index in [2.05, 4.69) is 33.8 Å². The van der Waals surface area contributed by atoms with Gasteiger partial charge >= 0.3 is 0 Å². The highest BCUT2D eigenvalue weighted by Crippen LogP contribution is 2.48. The summed E-state index contributed by atoms with van der Waals surface area (Å²) in [4.78, 5) is 4.44. The Balaban J connectivity index is 0.00000169. The molecule has 4 rings (SSSR count). The first-order valence-electron chi connectivity index (χ1n) is 9.04. The molecule has 1 heterocycles. The smallest absolute Gasteiger partial charge is 0.191 e. The molecule has 1 unspecified atom stereocenters. The van der Waals surface area contributed by atoms with Gasteiger partial charge in [-0.1, -0.05) is 18.2 Å². The average molecular weight is 441 g/mol. The van der Waals surface area contributed by atoms with Crippen LogP contribution in [0.15, 0.2) is 29.3 Å². The Morgan fingerprint density at radius 1 is 1.17 bits per heavy atom. The molecular formula is C19H28IN3O. The molecule has 0 aromatic heterocycles. The Hall–Kier alpha value is -0.980. The largest absolute Gasteiger partial charge is 0.493 e. The van der Waals surface area contributed by atoms with Gasteiger partial charge in [-0.2, -0.15) is 0 Å². The first kappa shape index (κ1) is 17.8. The van der Waals surface area contributed by atoms with Crippen LogP contribution < -0.4 is 15.4 Å². The lowest BCUT2D eigenvalue weighted by Crippen LogP contribution is -2.43. The molecule has 3 aliphatic rings. The monoisotopic (exact) mass is 441 g/mol. The Kier molecular flexibility index (Phi) is 5.89. The van der Waals surface area contributed by atoms with Crippen molar-refractivity contribution in [2.75, 3.05) is 20.2 Å². The number of benzene rings is 1. The second-order valence-corrected chi connectivity index (χ2v) is 7.16. The van der Waals surface area contributed by atoms with Gasteiger partial charge in [0.05, 0.1) is 12.6 Å². The van der Waals surface area contributed by atoms with Crippen molar-refractivity contribution in [3.05, 3.63) is 29.8 Å². The molecule has 2 aliphatic carbocycles. The SMILES string of the molecule is CN=C(NCC(C1CC1)C1CC1)NC1CCOc2ccccc21.I. The van der Waals surface area contributed by atoms with Gasteiger partial charge in [-0.25, -0.2) is 0 Å². The summed E-state index contributed by atoms with van der Waals surface area (Å²) in [6.45, 7) is 1.83. The van der Waals surface area contributed by atoms with Gasteiger partial charge in [-0.05, 0) is 49.5 Å². The fraction of sp³-hybridized carbons (Fsp3) is 0.632. The minimum atomic E-state index is 0. The van der Waals surface area contributed by atoms with E-state index in [0.717, 1.165) is 49.0 Å². The number of hydrogen-bond donors (Lipinski definition) is 2. The zero-order valence-electron chi connectivity index (χ0n) is 14.3. The lowest BCUT2D eigenvalue weighted by molar-refractivity contribution is 0.261. The third kappa shape index (κ3) is 4.16. The summed E-state index contributed by atoms with van der Waals surface area (Å²) in [6, 6.07) is 8.59. The highest BCUT2D eigenvalue weighted by atomic mass is 127. The molecule has 132 valence electrons. The van der Waals surface area contributed by atoms with Crippen molar-refractivity contribution >= 4 is 29.9 Å². The fourth-order valence-electron chi connectivity index (χ4n) is 3.83. The minimum Gasteiger partial charge on any atom is -0.493 e. The zero-order chi connectivity index (χ0) is 15.6. The molecule has 0 radical (unpaired) electrons. The van der Waals surface area contributed by atoms with Gasteiger partial charge in [0.2, 0.25) is 0 Å². The zero-order valence-corrected chi connectivity index (χ0v) is 16.7. The molecule has 2 N–H and O–H groups in total. The summed E-state index contributed by atoms with van der Waals surface area (Å²) in [6.07, 6.45) is 6.71. The number of nitrogens with zero attached hydrogens (tertiary/aromatic N) is 1. The maximum absolute atomic E-state index is 5.75. The van der Waals surface area contributed by atoms with Crippen molar-refractivity contribution in [3.8, 4) is 5.75 Å². The number of nitrogens with one attached hydrogen (secondary N) is 2. The number of ether oxygens (including phenoxy) is 1. The Labute approximate surface area is 161 Å². The molecule has 5 heteroatoms. The van der Waals surface area contributed by atoms with Crippen molar-refractivity contribution in [3.63, 3.8) is 0 Å². The quantitative estimate of drug-likeness (QED) is 0.416. The number of halogens is 1. The molecule has 24 heavy (non-hydrogen) atoms. The first-order chi connectivity index (χ1) is 11.3. The normalized spacial score (nSPS) is 23.1. The molecule has 1 aromatic rings. The molecule has 0 spiro atoms. The summed E-state index contributed by atoms with van der Waals surface area (Å²) in [5, 5.41) is 7.18. The lowest BCUT2D eigenvalue weighted by Gasteiger charge is -2.28. The van der Waals surface area contributed by atoms with Crippen LogP contribution in [-0.4, -0.2) is 26.2 Å². The van der Waals surface area contributed by atoms with Crippen LogP contribution in [0.2, 0.25) is 0 Å². The van der Waals surface area contributed by atoms with E-state index < -0.39 is 0 Å². The van der Waals surface area contributed by atoms with E-state index in [1.165, 1.54) is 31.2 Å². The third-order valence-corrected chi connectivity index (χ3v) is 5.45. The van der Waals surface area contributed by atoms with Crippen LogP contribution in [0.25, 0.3) is 0 Å². The number of hydrogen-bond acceptors (Lipinski definition) is 2. The van der Waals surface area contributed by atoms with Gasteiger partial charge in [0.15, 0.2) is 5.96 Å². The highest BCUT2D eigenvalue weighted by Gasteiger charge is 2.41. The van der Waals surface area contributed by atoms with E-state index in [1.54, 1.807) is 0 Å². The summed E-state index contributed by atoms with van der Waals surface area (Å²) in [7, 11) is 1.86. The van der Waals surface area contributed by atoms with Crippen LogP contribution in [-0.2, 0) is 0 Å². The molecule has 0 saturated heterocycles. The van der Waals surface area contributed by atoms with Crippen molar-refractivity contribution < 1.29 is 4.74 Å². The van der Waals surface area contributed by atoms with E-state index in [9.17, 15) is 0 Å². The summed E-state index contributed by atoms with van der Waals surface area (Å²) >= 11 is 0. The Morgan fingerprint density at radius 3 is 2.54 bits per heavy atom. The maximum Gasteiger partial charge on any atom is 0.191 e. The van der Waals surface area contributed by atoms with Gasteiger partial charge in [-0.15, -0.1) is 24.0 Å². The molecule has 1 aliphatic heterocycles. The van der Waals surface area contributed by atoms with Crippen molar-refractivity contribution in [2.24, 2.45) is 22.7 Å². The van der Waals surface area contributed by atoms with E-state index >= 15 is 0 Å². The van der Waals surface area contributed by atoms with E-state index in [4.69, 9.17) is 4.74 Å². The van der Waals surface area contributed by atoms with Crippen molar-refractivity contribution in [2.45, 2.75) is 38.1 Å². The first-order valence-corrected chi connectivity index (χ1v) is 9.04. The molecule has 1 atom stereocenters. The molecule has 4 nitrogen and oxygen atoms in total. The van der Waals surface area contributed by atoms with Gasteiger partial charge in [0.25, 0.3) is 0 Å². The van der Waals surface area contributed by atoms with Crippen molar-refractivity contribution in [1.82, 2.24) is 10.6 Å². The topological polar surface area (TPSA) is 45.7 Å². The number of para-hydroxylation sites is 1. The number of fused-ring (bicyclic) bond motifs is 1. The van der Waals surface area contributed by atoms with Crippen LogP contribution in [0.3, 0.4) is 0 Å². The Bertz CT molecular complexity index is 572. The minimum absolute atomic E-state index is 0. The predicted molar refractivity (Wildman–Crippen MR) is 108 cm³/mol. The van der Waals surface area contributed by atoms with Crippen LogP contribution in [0.1, 0.15) is 43.7 Å². The van der Waals surface area contributed by atoms with Crippen molar-refractivity contribution in [1.29, 1.82) is 0 Å². The summed E-state index contributed by atoms with van der Waals surface area (Å²) < 4.78 is 5.75. The van der Waals surface area contributed by atoms with Crippen LogP contribution in [0.4, 0.5) is 0 Å². The van der Waals surface area contributed by atoms with E-state index in [0.29, 0.717) is 0 Å². The fourth-order valence-corrected chi connectivity index (χ4v) is 3.83. The predicted octanol–water partition coefficient (Wildman–Crippen LogP) is 3.73. The van der Waals surface area contributed by atoms with Crippen LogP contribution >= 0.6 is 24.0 Å². The molecule has 0 bridgehead atoms. The van der Waals surface area contributed by atoms with Crippen LogP contribution in [0.5, 0.6) is 5.75 Å². The molecule has 0 amide bonds. The third-order valence-electron chi connectivity index (χ3n) is 5.45. The molecular weight excluding hydrogens is 413 g/mol. The second kappa shape index (κ2) is 7.93. The van der Waals surface area contributed by atoms with Gasteiger partial charge in [0, 0.05) is 25.6 Å². The highest BCUT2D eigenvalue weighted by molar-refractivity contribution is 14.0. The van der Waals surface area contributed by atoms with Crippen LogP contribution in [0, 0.1) is 17.8 Å². The summed E-state index contributed by atoms with van der Waals surface area (Å²) in [5.41, 5.74) is 1.24. The molecule has 2 fully saturated rings. The second-order valence-electron chi connectivity index (χ2n) is 7.16. The number of aliphatic imine (C=N–C) groups is 1. The lowest BCUT2D eigenvalue weighted by atomic mass is 9.98. The summed E-state index contributed by atoms with van der Waals surface area (Å²) in [5.74, 6) is 4.72. The standard InChI is InChI=1S/C19H27N3O.HI/c1-20-19(21-12-16(13-6-7-13)14-8-9-14)22-17-10-11-23-18-5-3-2-4-15(17)18;/h2-5,13-14,16-17H,6-12H2,1H3,(H2,20,21,22);1H. The number of guanidine groups is 1. The Morgan fingerprint density at radius 2 is 1.88 bits per heavy atom. The maximum atomic E-state index is 5.75. The van der Waals surface area contributed by atoms with E-state index in [-0.39, 0.29) is 30.0 Å². The molecule has 2 saturated carbocycles. The number of rotatable bonds is 5. The van der Waals surface area contributed by atoms with Gasteiger partial charge < -0.3 is 15.4 Å². The molecule has 1 aromatic carbocycles. The van der Waals surface area contributed by atoms with E-state index in [1.807, 2.05) is 13.1 Å². The van der Waals surface area contributed by atoms with Gasteiger partial charge in [-0.3, -0.25) is 4.99 Å².